The monoisotopic (exact) mass is 395 g/mol. The molecule has 0 saturated carbocycles. The third-order valence-electron chi connectivity index (χ3n) is 6.00. The van der Waals surface area contributed by atoms with Crippen molar-refractivity contribution in [1.29, 1.82) is 0 Å². The Labute approximate surface area is 171 Å². The van der Waals surface area contributed by atoms with Crippen molar-refractivity contribution < 1.29 is 14.0 Å². The topological polar surface area (TPSA) is 65.8 Å². The molecule has 0 aliphatic carbocycles. The average Bonchev–Trinajstić information content (AvgIpc) is 3.38. The Bertz CT molecular complexity index is 806. The minimum atomic E-state index is -0.274. The second-order valence-electron chi connectivity index (χ2n) is 8.11. The largest absolute Gasteiger partial charge is 0.467 e. The third-order valence-corrected chi connectivity index (χ3v) is 6.00. The van der Waals surface area contributed by atoms with Gasteiger partial charge in [0.25, 0.3) is 0 Å². The molecule has 3 heterocycles. The summed E-state index contributed by atoms with van der Waals surface area (Å²) in [6.45, 7) is 3.52. The van der Waals surface area contributed by atoms with Crippen molar-refractivity contribution in [3.8, 4) is 0 Å². The van der Waals surface area contributed by atoms with Gasteiger partial charge in [0.05, 0.1) is 18.7 Å². The maximum absolute atomic E-state index is 12.7. The summed E-state index contributed by atoms with van der Waals surface area (Å²) in [5.41, 5.74) is 1.31. The van der Waals surface area contributed by atoms with E-state index in [0.29, 0.717) is 25.7 Å². The zero-order chi connectivity index (χ0) is 20.1. The SMILES string of the molecule is O=C(NC[C@H]1CCCCN1Cc1ccccc1)[C@@H]1CC(=O)N(Cc2ccco2)C1. The molecule has 154 valence electrons. The zero-order valence-corrected chi connectivity index (χ0v) is 16.8. The summed E-state index contributed by atoms with van der Waals surface area (Å²) in [6, 6.07) is 14.5. The van der Waals surface area contributed by atoms with Crippen LogP contribution in [0.4, 0.5) is 0 Å². The molecule has 1 N–H and O–H groups in total. The second kappa shape index (κ2) is 9.27. The van der Waals surface area contributed by atoms with E-state index in [9.17, 15) is 9.59 Å². The van der Waals surface area contributed by atoms with Gasteiger partial charge in [-0.3, -0.25) is 14.5 Å². The lowest BCUT2D eigenvalue weighted by Gasteiger charge is -2.36. The maximum atomic E-state index is 12.7. The Morgan fingerprint density at radius 3 is 2.76 bits per heavy atom. The molecule has 2 atom stereocenters. The number of likely N-dealkylation sites (tertiary alicyclic amines) is 2. The minimum absolute atomic E-state index is 0.00877. The number of hydrogen-bond acceptors (Lipinski definition) is 4. The highest BCUT2D eigenvalue weighted by Gasteiger charge is 2.35. The molecule has 2 aromatic rings. The van der Waals surface area contributed by atoms with E-state index in [4.69, 9.17) is 4.42 Å². The van der Waals surface area contributed by atoms with Gasteiger partial charge in [-0.15, -0.1) is 0 Å². The van der Waals surface area contributed by atoms with Crippen LogP contribution in [0.25, 0.3) is 0 Å². The number of carbonyl (C=O) groups excluding carboxylic acids is 2. The average molecular weight is 396 g/mol. The van der Waals surface area contributed by atoms with E-state index in [1.165, 1.54) is 18.4 Å². The fourth-order valence-corrected chi connectivity index (χ4v) is 4.37. The Morgan fingerprint density at radius 1 is 1.10 bits per heavy atom. The van der Waals surface area contributed by atoms with Crippen molar-refractivity contribution in [3.05, 3.63) is 60.1 Å². The highest BCUT2D eigenvalue weighted by molar-refractivity contribution is 5.89. The molecule has 0 unspecified atom stereocenters. The number of benzene rings is 1. The summed E-state index contributed by atoms with van der Waals surface area (Å²) < 4.78 is 5.33. The molecule has 2 saturated heterocycles. The lowest BCUT2D eigenvalue weighted by atomic mass is 10.0. The van der Waals surface area contributed by atoms with Gasteiger partial charge in [-0.25, -0.2) is 0 Å². The van der Waals surface area contributed by atoms with Gasteiger partial charge in [0, 0.05) is 32.1 Å². The minimum Gasteiger partial charge on any atom is -0.467 e. The standard InChI is InChI=1S/C23H29N3O3/c27-22-13-19(16-26(22)17-21-10-6-12-29-21)23(28)24-14-20-9-4-5-11-25(20)15-18-7-2-1-3-8-18/h1-3,6-8,10,12,19-20H,4-5,9,11,13-17H2,(H,24,28)/t19-,20-/m1/s1. The van der Waals surface area contributed by atoms with Crippen LogP contribution in [-0.4, -0.2) is 47.3 Å². The predicted molar refractivity (Wildman–Crippen MR) is 110 cm³/mol. The van der Waals surface area contributed by atoms with Crippen molar-refractivity contribution in [3.63, 3.8) is 0 Å². The molecular formula is C23H29N3O3. The van der Waals surface area contributed by atoms with Crippen LogP contribution in [0, 0.1) is 5.92 Å². The van der Waals surface area contributed by atoms with E-state index < -0.39 is 0 Å². The fraction of sp³-hybridized carbons (Fsp3) is 0.478. The Morgan fingerprint density at radius 2 is 1.97 bits per heavy atom. The molecule has 6 nitrogen and oxygen atoms in total. The van der Waals surface area contributed by atoms with Gasteiger partial charge in [-0.05, 0) is 37.1 Å². The summed E-state index contributed by atoms with van der Waals surface area (Å²) in [7, 11) is 0. The van der Waals surface area contributed by atoms with E-state index in [0.717, 1.165) is 25.3 Å². The first kappa shape index (κ1) is 19.7. The van der Waals surface area contributed by atoms with Gasteiger partial charge in [0.2, 0.25) is 11.8 Å². The van der Waals surface area contributed by atoms with Gasteiger partial charge in [-0.1, -0.05) is 36.8 Å². The smallest absolute Gasteiger partial charge is 0.225 e. The lowest BCUT2D eigenvalue weighted by Crippen LogP contribution is -2.47. The fourth-order valence-electron chi connectivity index (χ4n) is 4.37. The quantitative estimate of drug-likeness (QED) is 0.783. The first-order valence-electron chi connectivity index (χ1n) is 10.5. The van der Waals surface area contributed by atoms with Crippen LogP contribution < -0.4 is 5.32 Å². The normalized spacial score (nSPS) is 22.8. The van der Waals surface area contributed by atoms with Crippen molar-refractivity contribution in [2.75, 3.05) is 19.6 Å². The predicted octanol–water partition coefficient (Wildman–Crippen LogP) is 2.80. The third kappa shape index (κ3) is 5.07. The van der Waals surface area contributed by atoms with E-state index in [1.54, 1.807) is 11.2 Å². The molecular weight excluding hydrogens is 366 g/mol. The number of nitrogens with zero attached hydrogens (tertiary/aromatic N) is 2. The summed E-state index contributed by atoms with van der Waals surface area (Å²) in [5.74, 6) is 0.484. The van der Waals surface area contributed by atoms with Crippen LogP contribution in [0.1, 0.15) is 37.0 Å². The molecule has 2 fully saturated rings. The molecule has 0 spiro atoms. The molecule has 1 aromatic carbocycles. The summed E-state index contributed by atoms with van der Waals surface area (Å²) >= 11 is 0. The number of carbonyl (C=O) groups is 2. The van der Waals surface area contributed by atoms with Crippen LogP contribution in [0.3, 0.4) is 0 Å². The number of nitrogens with one attached hydrogen (secondary N) is 1. The Hall–Kier alpha value is -2.60. The van der Waals surface area contributed by atoms with Gasteiger partial charge in [0.15, 0.2) is 0 Å². The maximum Gasteiger partial charge on any atom is 0.225 e. The van der Waals surface area contributed by atoms with Gasteiger partial charge >= 0.3 is 0 Å². The molecule has 1 aromatic heterocycles. The van der Waals surface area contributed by atoms with E-state index in [1.807, 2.05) is 18.2 Å². The first-order chi connectivity index (χ1) is 14.2. The molecule has 6 heteroatoms. The summed E-state index contributed by atoms with van der Waals surface area (Å²) in [6.07, 6.45) is 5.39. The van der Waals surface area contributed by atoms with Crippen LogP contribution in [0.15, 0.2) is 53.1 Å². The highest BCUT2D eigenvalue weighted by atomic mass is 16.3. The number of amides is 2. The van der Waals surface area contributed by atoms with Gasteiger partial charge in [-0.2, -0.15) is 0 Å². The lowest BCUT2D eigenvalue weighted by molar-refractivity contribution is -0.129. The van der Waals surface area contributed by atoms with Gasteiger partial charge in [0.1, 0.15) is 5.76 Å². The molecule has 4 rings (SSSR count). The number of rotatable bonds is 7. The van der Waals surface area contributed by atoms with Crippen molar-refractivity contribution in [2.45, 2.75) is 44.8 Å². The van der Waals surface area contributed by atoms with Crippen molar-refractivity contribution in [1.82, 2.24) is 15.1 Å². The van der Waals surface area contributed by atoms with Crippen LogP contribution in [0.2, 0.25) is 0 Å². The van der Waals surface area contributed by atoms with Crippen molar-refractivity contribution >= 4 is 11.8 Å². The summed E-state index contributed by atoms with van der Waals surface area (Å²) in [5, 5.41) is 3.13. The van der Waals surface area contributed by atoms with Gasteiger partial charge < -0.3 is 14.6 Å². The van der Waals surface area contributed by atoms with E-state index >= 15 is 0 Å². The number of piperidine rings is 1. The Balaban J connectivity index is 1.28. The zero-order valence-electron chi connectivity index (χ0n) is 16.8. The Kier molecular flexibility index (Phi) is 6.30. The first-order valence-corrected chi connectivity index (χ1v) is 10.5. The van der Waals surface area contributed by atoms with Crippen LogP contribution in [-0.2, 0) is 22.7 Å². The van der Waals surface area contributed by atoms with Crippen LogP contribution >= 0.6 is 0 Å². The molecule has 2 amide bonds. The second-order valence-corrected chi connectivity index (χ2v) is 8.11. The van der Waals surface area contributed by atoms with Crippen molar-refractivity contribution in [2.24, 2.45) is 5.92 Å². The highest BCUT2D eigenvalue weighted by Crippen LogP contribution is 2.22. The molecule has 0 radical (unpaired) electrons. The number of furan rings is 1. The van der Waals surface area contributed by atoms with E-state index in [2.05, 4.69) is 34.5 Å². The molecule has 2 aliphatic heterocycles. The number of hydrogen-bond donors (Lipinski definition) is 1. The molecule has 29 heavy (non-hydrogen) atoms. The molecule has 2 aliphatic rings. The summed E-state index contributed by atoms with van der Waals surface area (Å²) in [4.78, 5) is 29.2. The van der Waals surface area contributed by atoms with Crippen LogP contribution in [0.5, 0.6) is 0 Å². The van der Waals surface area contributed by atoms with E-state index in [-0.39, 0.29) is 24.2 Å². The molecule has 0 bridgehead atoms.